The van der Waals surface area contributed by atoms with Crippen LogP contribution in [0.3, 0.4) is 0 Å². The molecule has 25 heavy (non-hydrogen) atoms. The van der Waals surface area contributed by atoms with Gasteiger partial charge in [-0.05, 0) is 65.7 Å². The molecule has 1 heterocycles. The first-order chi connectivity index (χ1) is 12.1. The Labute approximate surface area is 150 Å². The summed E-state index contributed by atoms with van der Waals surface area (Å²) in [5.74, 6) is 1.09. The molecule has 0 N–H and O–H groups in total. The number of tetrazole rings is 1. The summed E-state index contributed by atoms with van der Waals surface area (Å²) >= 11 is 1.32. The van der Waals surface area contributed by atoms with E-state index in [2.05, 4.69) is 15.5 Å². The lowest BCUT2D eigenvalue weighted by Crippen LogP contribution is -2.05. The number of nitrogens with zero attached hydrogens (tertiary/aromatic N) is 4. The molecule has 1 aromatic heterocycles. The van der Waals surface area contributed by atoms with Crippen LogP contribution in [0.25, 0.3) is 5.69 Å². The lowest BCUT2D eigenvalue weighted by molar-refractivity contribution is 0.102. The van der Waals surface area contributed by atoms with Crippen LogP contribution >= 0.6 is 11.8 Å². The van der Waals surface area contributed by atoms with Crippen LogP contribution in [0.15, 0.2) is 47.6 Å². The van der Waals surface area contributed by atoms with E-state index in [1.54, 1.807) is 11.8 Å². The summed E-state index contributed by atoms with van der Waals surface area (Å²) in [5.41, 5.74) is 3.80. The van der Waals surface area contributed by atoms with Crippen LogP contribution < -0.4 is 4.74 Å². The minimum absolute atomic E-state index is 0.0531. The summed E-state index contributed by atoms with van der Waals surface area (Å²) in [6.45, 7) is 4.03. The molecule has 0 spiro atoms. The number of carbonyl (C=O) groups excluding carboxylic acids is 1. The lowest BCUT2D eigenvalue weighted by Gasteiger charge is -2.06. The number of ether oxygens (including phenoxy) is 1. The monoisotopic (exact) mass is 354 g/mol. The Morgan fingerprint density at radius 2 is 1.88 bits per heavy atom. The first kappa shape index (κ1) is 17.2. The van der Waals surface area contributed by atoms with E-state index in [4.69, 9.17) is 4.74 Å². The number of methoxy groups -OCH3 is 1. The lowest BCUT2D eigenvalue weighted by atomic mass is 10.0. The summed E-state index contributed by atoms with van der Waals surface area (Å²) in [6.07, 6.45) is 0. The smallest absolute Gasteiger partial charge is 0.214 e. The van der Waals surface area contributed by atoms with E-state index in [0.29, 0.717) is 10.7 Å². The SMILES string of the molecule is COc1ccc(-n2nnnc2SCC(=O)c2ccc(C)c(C)c2)cc1. The van der Waals surface area contributed by atoms with Crippen molar-refractivity contribution in [2.24, 2.45) is 0 Å². The van der Waals surface area contributed by atoms with Crippen molar-refractivity contribution in [2.45, 2.75) is 19.0 Å². The number of thioether (sulfide) groups is 1. The fourth-order valence-corrected chi connectivity index (χ4v) is 3.07. The predicted molar refractivity (Wildman–Crippen MR) is 96.7 cm³/mol. The van der Waals surface area contributed by atoms with Gasteiger partial charge in [0.05, 0.1) is 18.6 Å². The number of carbonyl (C=O) groups is 1. The van der Waals surface area contributed by atoms with Crippen LogP contribution in [0.2, 0.25) is 0 Å². The van der Waals surface area contributed by atoms with Crippen molar-refractivity contribution in [3.8, 4) is 11.4 Å². The zero-order chi connectivity index (χ0) is 17.8. The Morgan fingerprint density at radius 1 is 1.12 bits per heavy atom. The Bertz CT molecular complexity index is 890. The largest absolute Gasteiger partial charge is 0.497 e. The second-order valence-electron chi connectivity index (χ2n) is 5.58. The van der Waals surface area contributed by atoms with Gasteiger partial charge in [0, 0.05) is 5.56 Å². The number of rotatable bonds is 6. The molecular weight excluding hydrogens is 336 g/mol. The van der Waals surface area contributed by atoms with Crippen LogP contribution in [0.5, 0.6) is 5.75 Å². The highest BCUT2D eigenvalue weighted by molar-refractivity contribution is 7.99. The second-order valence-corrected chi connectivity index (χ2v) is 6.52. The minimum atomic E-state index is 0.0531. The average molecular weight is 354 g/mol. The summed E-state index contributed by atoms with van der Waals surface area (Å²) < 4.78 is 6.76. The highest BCUT2D eigenvalue weighted by Gasteiger charge is 2.13. The van der Waals surface area contributed by atoms with Gasteiger partial charge < -0.3 is 4.74 Å². The zero-order valence-electron chi connectivity index (χ0n) is 14.3. The number of aromatic nitrogens is 4. The maximum Gasteiger partial charge on any atom is 0.214 e. The molecule has 0 saturated carbocycles. The maximum absolute atomic E-state index is 12.4. The van der Waals surface area contributed by atoms with E-state index in [9.17, 15) is 4.79 Å². The minimum Gasteiger partial charge on any atom is -0.497 e. The molecule has 0 atom stereocenters. The van der Waals surface area contributed by atoms with E-state index >= 15 is 0 Å². The summed E-state index contributed by atoms with van der Waals surface area (Å²) in [5, 5.41) is 12.3. The number of benzene rings is 2. The number of aryl methyl sites for hydroxylation is 2. The highest BCUT2D eigenvalue weighted by Crippen LogP contribution is 2.21. The molecule has 0 fully saturated rings. The molecule has 0 unspecified atom stereocenters. The van der Waals surface area contributed by atoms with Gasteiger partial charge in [0.1, 0.15) is 5.75 Å². The third-order valence-corrected chi connectivity index (χ3v) is 4.84. The molecule has 3 rings (SSSR count). The molecule has 0 aliphatic carbocycles. The van der Waals surface area contributed by atoms with Crippen LogP contribution in [0.1, 0.15) is 21.5 Å². The van der Waals surface area contributed by atoms with E-state index in [1.807, 2.05) is 56.3 Å². The molecule has 2 aromatic carbocycles. The van der Waals surface area contributed by atoms with Crippen LogP contribution in [0, 0.1) is 13.8 Å². The molecule has 0 bridgehead atoms. The quantitative estimate of drug-likeness (QED) is 0.500. The van der Waals surface area contributed by atoms with Crippen molar-refractivity contribution < 1.29 is 9.53 Å². The summed E-state index contributed by atoms with van der Waals surface area (Å²) in [4.78, 5) is 12.4. The van der Waals surface area contributed by atoms with E-state index < -0.39 is 0 Å². The van der Waals surface area contributed by atoms with Crippen molar-refractivity contribution in [3.63, 3.8) is 0 Å². The Morgan fingerprint density at radius 3 is 2.56 bits per heavy atom. The molecule has 0 radical (unpaired) electrons. The van der Waals surface area contributed by atoms with Gasteiger partial charge in [-0.1, -0.05) is 23.9 Å². The molecule has 3 aromatic rings. The van der Waals surface area contributed by atoms with E-state index in [-0.39, 0.29) is 11.5 Å². The van der Waals surface area contributed by atoms with Crippen molar-refractivity contribution >= 4 is 17.5 Å². The number of Topliss-reactive ketones (excluding diaryl/α,β-unsaturated/α-hetero) is 1. The average Bonchev–Trinajstić information content (AvgIpc) is 3.10. The first-order valence-electron chi connectivity index (χ1n) is 7.74. The van der Waals surface area contributed by atoms with Gasteiger partial charge in [-0.2, -0.15) is 4.68 Å². The highest BCUT2D eigenvalue weighted by atomic mass is 32.2. The molecule has 0 amide bonds. The normalized spacial score (nSPS) is 10.7. The van der Waals surface area contributed by atoms with Crippen molar-refractivity contribution in [2.75, 3.05) is 12.9 Å². The van der Waals surface area contributed by atoms with Crippen molar-refractivity contribution in [1.29, 1.82) is 0 Å². The van der Waals surface area contributed by atoms with E-state index in [1.165, 1.54) is 17.3 Å². The number of hydrogen-bond donors (Lipinski definition) is 0. The summed E-state index contributed by atoms with van der Waals surface area (Å²) in [7, 11) is 1.62. The molecule has 0 aliphatic rings. The van der Waals surface area contributed by atoms with Gasteiger partial charge >= 0.3 is 0 Å². The fourth-order valence-electron chi connectivity index (χ4n) is 2.28. The zero-order valence-corrected chi connectivity index (χ0v) is 15.1. The third-order valence-electron chi connectivity index (χ3n) is 3.92. The van der Waals surface area contributed by atoms with E-state index in [0.717, 1.165) is 17.0 Å². The van der Waals surface area contributed by atoms with Crippen LogP contribution in [-0.4, -0.2) is 38.9 Å². The topological polar surface area (TPSA) is 69.9 Å². The van der Waals surface area contributed by atoms with Crippen LogP contribution in [-0.2, 0) is 0 Å². The molecule has 7 heteroatoms. The standard InChI is InChI=1S/C18H18N4O2S/c1-12-4-5-14(10-13(12)2)17(23)11-25-18-19-20-21-22(18)15-6-8-16(24-3)9-7-15/h4-10H,11H2,1-3H3. The van der Waals surface area contributed by atoms with Gasteiger partial charge in [-0.3, -0.25) is 4.79 Å². The Kier molecular flexibility index (Phi) is 5.14. The summed E-state index contributed by atoms with van der Waals surface area (Å²) in [6, 6.07) is 13.2. The molecule has 6 nitrogen and oxygen atoms in total. The molecule has 0 aliphatic heterocycles. The van der Waals surface area contributed by atoms with Gasteiger partial charge in [0.15, 0.2) is 5.78 Å². The Hall–Kier alpha value is -2.67. The van der Waals surface area contributed by atoms with Crippen molar-refractivity contribution in [3.05, 3.63) is 59.2 Å². The maximum atomic E-state index is 12.4. The predicted octanol–water partition coefficient (Wildman–Crippen LogP) is 3.26. The molecule has 0 saturated heterocycles. The first-order valence-corrected chi connectivity index (χ1v) is 8.73. The molecular formula is C18H18N4O2S. The van der Waals surface area contributed by atoms with Gasteiger partial charge in [-0.25, -0.2) is 0 Å². The van der Waals surface area contributed by atoms with Gasteiger partial charge in [0.25, 0.3) is 0 Å². The fraction of sp³-hybridized carbons (Fsp3) is 0.222. The van der Waals surface area contributed by atoms with Crippen molar-refractivity contribution in [1.82, 2.24) is 20.2 Å². The third kappa shape index (κ3) is 3.88. The molecule has 128 valence electrons. The second kappa shape index (κ2) is 7.48. The van der Waals surface area contributed by atoms with Crippen LogP contribution in [0.4, 0.5) is 0 Å². The number of ketones is 1. The van der Waals surface area contributed by atoms with Gasteiger partial charge in [-0.15, -0.1) is 5.10 Å². The Balaban J connectivity index is 1.72. The van der Waals surface area contributed by atoms with Gasteiger partial charge in [0.2, 0.25) is 5.16 Å². The number of hydrogen-bond acceptors (Lipinski definition) is 6.